The van der Waals surface area contributed by atoms with Gasteiger partial charge in [0, 0.05) is 18.7 Å². The molecule has 0 bridgehead atoms. The monoisotopic (exact) mass is 263 g/mol. The summed E-state index contributed by atoms with van der Waals surface area (Å²) in [7, 11) is 0. The number of benzene rings is 1. The quantitative estimate of drug-likeness (QED) is 0.846. The van der Waals surface area contributed by atoms with Gasteiger partial charge >= 0.3 is 0 Å². The van der Waals surface area contributed by atoms with Gasteiger partial charge in [-0.2, -0.15) is 0 Å². The first-order valence-electron chi connectivity index (χ1n) is 6.47. The van der Waals surface area contributed by atoms with Gasteiger partial charge in [-0.3, -0.25) is 4.79 Å². The SMILES string of the molecule is CC1(C)CN(C(=O)c2ccc(O)cc2)CC(C)(C)O1. The van der Waals surface area contributed by atoms with Crippen LogP contribution in [0.1, 0.15) is 38.1 Å². The Balaban J connectivity index is 2.21. The Morgan fingerprint density at radius 2 is 1.58 bits per heavy atom. The minimum atomic E-state index is -0.353. The number of carbonyl (C=O) groups is 1. The molecule has 2 rings (SSSR count). The van der Waals surface area contributed by atoms with Crippen LogP contribution in [0.3, 0.4) is 0 Å². The summed E-state index contributed by atoms with van der Waals surface area (Å²) < 4.78 is 5.96. The molecule has 1 aliphatic heterocycles. The Labute approximate surface area is 114 Å². The van der Waals surface area contributed by atoms with Gasteiger partial charge in [-0.05, 0) is 52.0 Å². The molecule has 0 radical (unpaired) electrons. The molecule has 0 aliphatic carbocycles. The Morgan fingerprint density at radius 1 is 1.11 bits per heavy atom. The van der Waals surface area contributed by atoms with Crippen LogP contribution in [0.25, 0.3) is 0 Å². The molecule has 0 atom stereocenters. The molecule has 104 valence electrons. The van der Waals surface area contributed by atoms with Crippen molar-refractivity contribution in [3.8, 4) is 5.75 Å². The minimum Gasteiger partial charge on any atom is -0.508 e. The lowest BCUT2D eigenvalue weighted by molar-refractivity contribution is -0.171. The van der Waals surface area contributed by atoms with E-state index in [2.05, 4.69) is 0 Å². The molecule has 1 amide bonds. The summed E-state index contributed by atoms with van der Waals surface area (Å²) in [6.45, 7) is 9.10. The highest BCUT2D eigenvalue weighted by Gasteiger charge is 2.40. The van der Waals surface area contributed by atoms with Gasteiger partial charge in [0.1, 0.15) is 5.75 Å². The van der Waals surface area contributed by atoms with Crippen molar-refractivity contribution in [1.29, 1.82) is 0 Å². The maximum Gasteiger partial charge on any atom is 0.254 e. The second kappa shape index (κ2) is 4.53. The van der Waals surface area contributed by atoms with Gasteiger partial charge in [0.2, 0.25) is 0 Å². The van der Waals surface area contributed by atoms with E-state index in [-0.39, 0.29) is 22.9 Å². The van der Waals surface area contributed by atoms with E-state index >= 15 is 0 Å². The average molecular weight is 263 g/mol. The van der Waals surface area contributed by atoms with Crippen molar-refractivity contribution in [3.05, 3.63) is 29.8 Å². The highest BCUT2D eigenvalue weighted by molar-refractivity contribution is 5.94. The van der Waals surface area contributed by atoms with E-state index in [9.17, 15) is 9.90 Å². The Bertz CT molecular complexity index is 461. The first-order chi connectivity index (χ1) is 8.69. The maximum absolute atomic E-state index is 12.5. The lowest BCUT2D eigenvalue weighted by Crippen LogP contribution is -2.58. The van der Waals surface area contributed by atoms with Crippen LogP contribution in [0.15, 0.2) is 24.3 Å². The predicted molar refractivity (Wildman–Crippen MR) is 73.3 cm³/mol. The lowest BCUT2D eigenvalue weighted by Gasteiger charge is -2.47. The molecule has 1 saturated heterocycles. The molecule has 1 aliphatic rings. The van der Waals surface area contributed by atoms with Crippen molar-refractivity contribution in [1.82, 2.24) is 4.90 Å². The molecule has 1 N–H and O–H groups in total. The van der Waals surface area contributed by atoms with Crippen LogP contribution in [-0.2, 0) is 4.74 Å². The largest absolute Gasteiger partial charge is 0.508 e. The van der Waals surface area contributed by atoms with E-state index in [1.807, 2.05) is 32.6 Å². The fourth-order valence-electron chi connectivity index (χ4n) is 2.72. The zero-order valence-corrected chi connectivity index (χ0v) is 11.9. The minimum absolute atomic E-state index is 0.0237. The number of morpholine rings is 1. The molecule has 0 aromatic heterocycles. The average Bonchev–Trinajstić information content (AvgIpc) is 2.25. The van der Waals surface area contributed by atoms with Crippen LogP contribution in [-0.4, -0.2) is 40.2 Å². The van der Waals surface area contributed by atoms with Crippen LogP contribution < -0.4 is 0 Å². The van der Waals surface area contributed by atoms with Gasteiger partial charge in [-0.1, -0.05) is 0 Å². The molecule has 19 heavy (non-hydrogen) atoms. The molecule has 4 heteroatoms. The number of nitrogens with zero attached hydrogens (tertiary/aromatic N) is 1. The van der Waals surface area contributed by atoms with Crippen LogP contribution in [0, 0.1) is 0 Å². The molecule has 0 saturated carbocycles. The summed E-state index contributed by atoms with van der Waals surface area (Å²) in [5.74, 6) is 0.142. The standard InChI is InChI=1S/C15H21NO3/c1-14(2)9-16(10-15(3,4)19-14)13(18)11-5-7-12(17)8-6-11/h5-8,17H,9-10H2,1-4H3. The van der Waals surface area contributed by atoms with E-state index in [4.69, 9.17) is 4.74 Å². The van der Waals surface area contributed by atoms with Gasteiger partial charge < -0.3 is 14.7 Å². The van der Waals surface area contributed by atoms with E-state index in [1.54, 1.807) is 12.1 Å². The second-order valence-electron chi connectivity index (χ2n) is 6.33. The number of aromatic hydroxyl groups is 1. The van der Waals surface area contributed by atoms with Crippen molar-refractivity contribution in [2.45, 2.75) is 38.9 Å². The number of rotatable bonds is 1. The zero-order chi connectivity index (χ0) is 14.3. The van der Waals surface area contributed by atoms with E-state index in [1.165, 1.54) is 12.1 Å². The number of amides is 1. The second-order valence-corrected chi connectivity index (χ2v) is 6.33. The molecular weight excluding hydrogens is 242 g/mol. The van der Waals surface area contributed by atoms with Crippen molar-refractivity contribution in [3.63, 3.8) is 0 Å². The summed E-state index contributed by atoms with van der Waals surface area (Å²) in [6, 6.07) is 6.36. The third kappa shape index (κ3) is 3.26. The van der Waals surface area contributed by atoms with Crippen LogP contribution in [0.2, 0.25) is 0 Å². The van der Waals surface area contributed by atoms with Gasteiger partial charge in [0.15, 0.2) is 0 Å². The lowest BCUT2D eigenvalue weighted by atomic mass is 9.98. The molecule has 0 spiro atoms. The molecule has 1 aromatic carbocycles. The highest BCUT2D eigenvalue weighted by atomic mass is 16.5. The third-order valence-electron chi connectivity index (χ3n) is 3.10. The van der Waals surface area contributed by atoms with Gasteiger partial charge in [0.05, 0.1) is 11.2 Å². The number of carbonyl (C=O) groups excluding carboxylic acids is 1. The van der Waals surface area contributed by atoms with E-state index in [0.29, 0.717) is 18.7 Å². The van der Waals surface area contributed by atoms with Crippen molar-refractivity contribution >= 4 is 5.91 Å². The zero-order valence-electron chi connectivity index (χ0n) is 11.9. The summed E-state index contributed by atoms with van der Waals surface area (Å²) in [4.78, 5) is 14.3. The molecule has 4 nitrogen and oxygen atoms in total. The highest BCUT2D eigenvalue weighted by Crippen LogP contribution is 2.29. The fourth-order valence-corrected chi connectivity index (χ4v) is 2.72. The summed E-state index contributed by atoms with van der Waals surface area (Å²) in [5.41, 5.74) is -0.117. The number of ether oxygens (including phenoxy) is 1. The van der Waals surface area contributed by atoms with Crippen LogP contribution >= 0.6 is 0 Å². The molecular formula is C15H21NO3. The molecule has 1 heterocycles. The maximum atomic E-state index is 12.5. The van der Waals surface area contributed by atoms with Crippen LogP contribution in [0.5, 0.6) is 5.75 Å². The van der Waals surface area contributed by atoms with Gasteiger partial charge in [-0.25, -0.2) is 0 Å². The smallest absolute Gasteiger partial charge is 0.254 e. The first-order valence-corrected chi connectivity index (χ1v) is 6.47. The summed E-state index contributed by atoms with van der Waals surface area (Å²) >= 11 is 0. The molecule has 0 unspecified atom stereocenters. The fraction of sp³-hybridized carbons (Fsp3) is 0.533. The Morgan fingerprint density at radius 3 is 2.05 bits per heavy atom. The van der Waals surface area contributed by atoms with E-state index < -0.39 is 0 Å². The van der Waals surface area contributed by atoms with Gasteiger partial charge in [0.25, 0.3) is 5.91 Å². The van der Waals surface area contributed by atoms with Gasteiger partial charge in [-0.15, -0.1) is 0 Å². The summed E-state index contributed by atoms with van der Waals surface area (Å²) in [6.07, 6.45) is 0. The molecule has 1 fully saturated rings. The predicted octanol–water partition coefficient (Wildman–Crippen LogP) is 2.42. The summed E-state index contributed by atoms with van der Waals surface area (Å²) in [5, 5.41) is 9.27. The van der Waals surface area contributed by atoms with E-state index in [0.717, 1.165) is 0 Å². The normalized spacial score (nSPS) is 21.2. The van der Waals surface area contributed by atoms with Crippen LogP contribution in [0.4, 0.5) is 0 Å². The Hall–Kier alpha value is -1.55. The van der Waals surface area contributed by atoms with Crippen molar-refractivity contribution in [2.24, 2.45) is 0 Å². The third-order valence-corrected chi connectivity index (χ3v) is 3.10. The number of phenols is 1. The topological polar surface area (TPSA) is 49.8 Å². The molecule has 1 aromatic rings. The van der Waals surface area contributed by atoms with Crippen molar-refractivity contribution in [2.75, 3.05) is 13.1 Å². The van der Waals surface area contributed by atoms with Crippen molar-refractivity contribution < 1.29 is 14.6 Å². The number of hydrogen-bond donors (Lipinski definition) is 1. The number of hydrogen-bond acceptors (Lipinski definition) is 3. The Kier molecular flexibility index (Phi) is 3.31. The first kappa shape index (κ1) is 13.9. The number of phenolic OH excluding ortho intramolecular Hbond substituents is 1.